The zero-order chi connectivity index (χ0) is 15.9. The summed E-state index contributed by atoms with van der Waals surface area (Å²) in [4.78, 5) is 0. The molecule has 0 aliphatic carbocycles. The van der Waals surface area contributed by atoms with Crippen molar-refractivity contribution in [3.63, 3.8) is 0 Å². The Bertz CT molecular complexity index is 454. The summed E-state index contributed by atoms with van der Waals surface area (Å²) >= 11 is 0. The number of anilines is 1. The second-order valence-corrected chi connectivity index (χ2v) is 6.57. The standard InChI is InChI=1S/C18H30N2O2/c1-13(2)21-17-6-5-16(11-18(17)22-14(3)4)20-12-15-7-9-19-10-8-15/h5-6,11,13-15,19-20H,7-10,12H2,1-4H3. The third kappa shape index (κ3) is 5.41. The van der Waals surface area contributed by atoms with Gasteiger partial charge < -0.3 is 20.1 Å². The minimum absolute atomic E-state index is 0.134. The molecular weight excluding hydrogens is 276 g/mol. The van der Waals surface area contributed by atoms with Crippen molar-refractivity contribution < 1.29 is 9.47 Å². The van der Waals surface area contributed by atoms with Crippen LogP contribution in [0.15, 0.2) is 18.2 Å². The number of benzene rings is 1. The Labute approximate surface area is 134 Å². The van der Waals surface area contributed by atoms with Gasteiger partial charge in [0.1, 0.15) is 0 Å². The van der Waals surface area contributed by atoms with Gasteiger partial charge in [0.25, 0.3) is 0 Å². The minimum Gasteiger partial charge on any atom is -0.487 e. The summed E-state index contributed by atoms with van der Waals surface area (Å²) in [5.41, 5.74) is 1.10. The molecule has 0 atom stereocenters. The van der Waals surface area contributed by atoms with E-state index >= 15 is 0 Å². The molecule has 0 spiro atoms. The summed E-state index contributed by atoms with van der Waals surface area (Å²) in [6.07, 6.45) is 2.77. The Kier molecular flexibility index (Phi) is 6.37. The summed E-state index contributed by atoms with van der Waals surface area (Å²) < 4.78 is 11.7. The van der Waals surface area contributed by atoms with Gasteiger partial charge in [0.15, 0.2) is 11.5 Å². The molecule has 0 saturated carbocycles. The van der Waals surface area contributed by atoms with Gasteiger partial charge in [-0.3, -0.25) is 0 Å². The lowest BCUT2D eigenvalue weighted by Gasteiger charge is -2.24. The topological polar surface area (TPSA) is 42.5 Å². The van der Waals surface area contributed by atoms with Gasteiger partial charge in [0.05, 0.1) is 12.2 Å². The second kappa shape index (κ2) is 8.28. The minimum atomic E-state index is 0.134. The Morgan fingerprint density at radius 3 is 2.32 bits per heavy atom. The van der Waals surface area contributed by atoms with Gasteiger partial charge in [0, 0.05) is 18.3 Å². The van der Waals surface area contributed by atoms with Gasteiger partial charge in [-0.25, -0.2) is 0 Å². The molecule has 124 valence electrons. The molecule has 22 heavy (non-hydrogen) atoms. The van der Waals surface area contributed by atoms with Crippen molar-refractivity contribution >= 4 is 5.69 Å². The first kappa shape index (κ1) is 16.9. The van der Waals surface area contributed by atoms with Gasteiger partial charge in [-0.15, -0.1) is 0 Å². The van der Waals surface area contributed by atoms with Gasteiger partial charge in [-0.2, -0.15) is 0 Å². The lowest BCUT2D eigenvalue weighted by Crippen LogP contribution is -2.31. The van der Waals surface area contributed by atoms with E-state index in [9.17, 15) is 0 Å². The van der Waals surface area contributed by atoms with E-state index in [2.05, 4.69) is 22.8 Å². The van der Waals surface area contributed by atoms with Crippen molar-refractivity contribution in [2.45, 2.75) is 52.7 Å². The fraction of sp³-hybridized carbons (Fsp3) is 0.667. The van der Waals surface area contributed by atoms with Crippen LogP contribution < -0.4 is 20.1 Å². The maximum absolute atomic E-state index is 5.90. The van der Waals surface area contributed by atoms with Crippen LogP contribution in [-0.2, 0) is 0 Å². The highest BCUT2D eigenvalue weighted by Gasteiger charge is 2.14. The van der Waals surface area contributed by atoms with Crippen LogP contribution in [-0.4, -0.2) is 31.8 Å². The largest absolute Gasteiger partial charge is 0.487 e. The van der Waals surface area contributed by atoms with Crippen molar-refractivity contribution in [2.24, 2.45) is 5.92 Å². The maximum Gasteiger partial charge on any atom is 0.163 e. The fourth-order valence-corrected chi connectivity index (χ4v) is 2.66. The predicted molar refractivity (Wildman–Crippen MR) is 92.1 cm³/mol. The fourth-order valence-electron chi connectivity index (χ4n) is 2.66. The van der Waals surface area contributed by atoms with Crippen molar-refractivity contribution in [2.75, 3.05) is 25.0 Å². The first-order valence-electron chi connectivity index (χ1n) is 8.46. The molecule has 0 aromatic heterocycles. The van der Waals surface area contributed by atoms with E-state index in [1.165, 1.54) is 12.8 Å². The Morgan fingerprint density at radius 2 is 1.68 bits per heavy atom. The number of hydrogen-bond donors (Lipinski definition) is 2. The third-order valence-corrected chi connectivity index (χ3v) is 3.72. The molecule has 2 rings (SSSR count). The molecular formula is C18H30N2O2. The van der Waals surface area contributed by atoms with E-state index in [1.807, 2.05) is 33.8 Å². The molecule has 2 N–H and O–H groups in total. The van der Waals surface area contributed by atoms with E-state index in [4.69, 9.17) is 9.47 Å². The van der Waals surface area contributed by atoms with Crippen LogP contribution in [0.4, 0.5) is 5.69 Å². The zero-order valence-corrected chi connectivity index (χ0v) is 14.3. The molecule has 1 aromatic carbocycles. The Morgan fingerprint density at radius 1 is 1.05 bits per heavy atom. The van der Waals surface area contributed by atoms with Crippen molar-refractivity contribution in [3.8, 4) is 11.5 Å². The second-order valence-electron chi connectivity index (χ2n) is 6.57. The number of rotatable bonds is 7. The molecule has 1 saturated heterocycles. The zero-order valence-electron chi connectivity index (χ0n) is 14.3. The van der Waals surface area contributed by atoms with E-state index in [1.54, 1.807) is 0 Å². The van der Waals surface area contributed by atoms with Gasteiger partial charge in [0.2, 0.25) is 0 Å². The SMILES string of the molecule is CC(C)Oc1ccc(NCC2CCNCC2)cc1OC(C)C. The summed E-state index contributed by atoms with van der Waals surface area (Å²) in [6, 6.07) is 6.13. The van der Waals surface area contributed by atoms with Gasteiger partial charge in [-0.05, 0) is 71.7 Å². The van der Waals surface area contributed by atoms with Crippen LogP contribution in [0.3, 0.4) is 0 Å². The van der Waals surface area contributed by atoms with Crippen LogP contribution >= 0.6 is 0 Å². The van der Waals surface area contributed by atoms with E-state index in [-0.39, 0.29) is 12.2 Å². The molecule has 0 bridgehead atoms. The van der Waals surface area contributed by atoms with E-state index in [0.717, 1.165) is 42.7 Å². The Hall–Kier alpha value is -1.42. The summed E-state index contributed by atoms with van der Waals surface area (Å²) in [5.74, 6) is 2.39. The van der Waals surface area contributed by atoms with Crippen molar-refractivity contribution in [1.29, 1.82) is 0 Å². The van der Waals surface area contributed by atoms with E-state index < -0.39 is 0 Å². The molecule has 1 aromatic rings. The lowest BCUT2D eigenvalue weighted by atomic mass is 9.98. The lowest BCUT2D eigenvalue weighted by molar-refractivity contribution is 0.199. The molecule has 4 nitrogen and oxygen atoms in total. The third-order valence-electron chi connectivity index (χ3n) is 3.72. The number of hydrogen-bond acceptors (Lipinski definition) is 4. The highest BCUT2D eigenvalue weighted by atomic mass is 16.5. The van der Waals surface area contributed by atoms with Crippen LogP contribution in [0.1, 0.15) is 40.5 Å². The summed E-state index contributed by atoms with van der Waals surface area (Å²) in [6.45, 7) is 11.4. The molecule has 0 radical (unpaired) electrons. The number of piperidine rings is 1. The molecule has 0 unspecified atom stereocenters. The average molecular weight is 306 g/mol. The highest BCUT2D eigenvalue weighted by Crippen LogP contribution is 2.32. The van der Waals surface area contributed by atoms with Crippen molar-refractivity contribution in [1.82, 2.24) is 5.32 Å². The summed E-state index contributed by atoms with van der Waals surface area (Å²) in [7, 11) is 0. The molecule has 4 heteroatoms. The molecule has 1 heterocycles. The Balaban J connectivity index is 2.01. The molecule has 0 amide bonds. The average Bonchev–Trinajstić information content (AvgIpc) is 2.47. The summed E-state index contributed by atoms with van der Waals surface area (Å²) in [5, 5.41) is 6.95. The highest BCUT2D eigenvalue weighted by molar-refractivity contribution is 5.55. The number of nitrogens with one attached hydrogen (secondary N) is 2. The van der Waals surface area contributed by atoms with Gasteiger partial charge in [-0.1, -0.05) is 0 Å². The molecule has 1 aliphatic rings. The van der Waals surface area contributed by atoms with Crippen LogP contribution in [0.25, 0.3) is 0 Å². The predicted octanol–water partition coefficient (Wildman–Crippen LogP) is 3.67. The first-order chi connectivity index (χ1) is 10.5. The van der Waals surface area contributed by atoms with Crippen LogP contribution in [0, 0.1) is 5.92 Å². The van der Waals surface area contributed by atoms with Gasteiger partial charge >= 0.3 is 0 Å². The van der Waals surface area contributed by atoms with E-state index in [0.29, 0.717) is 0 Å². The monoisotopic (exact) mass is 306 g/mol. The number of ether oxygens (including phenoxy) is 2. The smallest absolute Gasteiger partial charge is 0.163 e. The van der Waals surface area contributed by atoms with Crippen LogP contribution in [0.2, 0.25) is 0 Å². The van der Waals surface area contributed by atoms with Crippen LogP contribution in [0.5, 0.6) is 11.5 Å². The maximum atomic E-state index is 5.90. The van der Waals surface area contributed by atoms with Crippen molar-refractivity contribution in [3.05, 3.63) is 18.2 Å². The normalized spacial score (nSPS) is 16.1. The quantitative estimate of drug-likeness (QED) is 0.806. The first-order valence-corrected chi connectivity index (χ1v) is 8.46. The molecule has 1 aliphatic heterocycles. The molecule has 1 fully saturated rings.